The van der Waals surface area contributed by atoms with Crippen LogP contribution in [-0.4, -0.2) is 28.6 Å². The standard InChI is InChI=1S/C21H21ClN4OS/c1-5-16(22)7-6-13(2)10-23-20-17-8-15(21-24-11-14(3)28-21)9-18(27-4)19(17)25-12-26-20/h5-9,11-12H,2,10H2,1,3-4H3,(H,23,25,26)/b7-6-,16-5+. The Kier molecular flexibility index (Phi) is 6.44. The molecule has 0 aliphatic carbocycles. The first-order chi connectivity index (χ1) is 13.5. The smallest absolute Gasteiger partial charge is 0.145 e. The lowest BCUT2D eigenvalue weighted by Crippen LogP contribution is -2.06. The topological polar surface area (TPSA) is 59.9 Å². The van der Waals surface area contributed by atoms with Crippen LogP contribution in [0, 0.1) is 6.92 Å². The van der Waals surface area contributed by atoms with Gasteiger partial charge in [-0.05, 0) is 37.6 Å². The number of rotatable bonds is 7. The Morgan fingerprint density at radius 2 is 2.11 bits per heavy atom. The normalized spacial score (nSPS) is 11.9. The van der Waals surface area contributed by atoms with Crippen molar-refractivity contribution in [2.45, 2.75) is 13.8 Å². The van der Waals surface area contributed by atoms with Crippen LogP contribution in [0.3, 0.4) is 0 Å². The number of fused-ring (bicyclic) bond motifs is 1. The molecule has 7 heteroatoms. The van der Waals surface area contributed by atoms with Crippen LogP contribution >= 0.6 is 22.9 Å². The number of aryl methyl sites for hydroxylation is 1. The molecule has 144 valence electrons. The summed E-state index contributed by atoms with van der Waals surface area (Å²) < 4.78 is 5.56. The van der Waals surface area contributed by atoms with Gasteiger partial charge >= 0.3 is 0 Å². The highest BCUT2D eigenvalue weighted by molar-refractivity contribution is 7.14. The molecule has 0 fully saturated rings. The maximum Gasteiger partial charge on any atom is 0.145 e. The van der Waals surface area contributed by atoms with E-state index in [1.165, 1.54) is 6.33 Å². The minimum absolute atomic E-state index is 0.527. The van der Waals surface area contributed by atoms with Crippen molar-refractivity contribution in [2.75, 3.05) is 19.0 Å². The lowest BCUT2D eigenvalue weighted by molar-refractivity contribution is 0.419. The van der Waals surface area contributed by atoms with E-state index in [1.54, 1.807) is 18.4 Å². The van der Waals surface area contributed by atoms with E-state index < -0.39 is 0 Å². The van der Waals surface area contributed by atoms with Gasteiger partial charge in [0.2, 0.25) is 0 Å². The van der Waals surface area contributed by atoms with Gasteiger partial charge in [-0.2, -0.15) is 0 Å². The van der Waals surface area contributed by atoms with E-state index in [2.05, 4.69) is 26.8 Å². The number of halogens is 1. The number of hydrogen-bond acceptors (Lipinski definition) is 6. The molecule has 1 N–H and O–H groups in total. The van der Waals surface area contributed by atoms with Gasteiger partial charge in [0.05, 0.1) is 7.11 Å². The molecule has 3 rings (SSSR count). The molecular formula is C21H21ClN4OS. The van der Waals surface area contributed by atoms with Gasteiger partial charge in [-0.15, -0.1) is 11.3 Å². The predicted octanol–water partition coefficient (Wildman–Crippen LogP) is 5.74. The van der Waals surface area contributed by atoms with Gasteiger partial charge in [-0.3, -0.25) is 0 Å². The highest BCUT2D eigenvalue weighted by Crippen LogP contribution is 2.35. The summed E-state index contributed by atoms with van der Waals surface area (Å²) in [6, 6.07) is 3.99. The van der Waals surface area contributed by atoms with E-state index in [4.69, 9.17) is 16.3 Å². The zero-order valence-corrected chi connectivity index (χ0v) is 17.6. The molecule has 3 aromatic rings. The fourth-order valence-electron chi connectivity index (χ4n) is 2.59. The summed E-state index contributed by atoms with van der Waals surface area (Å²) in [5.41, 5.74) is 2.60. The Morgan fingerprint density at radius 3 is 2.79 bits per heavy atom. The zero-order chi connectivity index (χ0) is 20.1. The zero-order valence-electron chi connectivity index (χ0n) is 16.0. The Hall–Kier alpha value is -2.70. The minimum Gasteiger partial charge on any atom is -0.494 e. The number of methoxy groups -OCH3 is 1. The Balaban J connectivity index is 1.94. The lowest BCUT2D eigenvalue weighted by Gasteiger charge is -2.12. The van der Waals surface area contributed by atoms with Gasteiger partial charge in [0.15, 0.2) is 0 Å². The fourth-order valence-corrected chi connectivity index (χ4v) is 3.41. The van der Waals surface area contributed by atoms with Gasteiger partial charge in [0.25, 0.3) is 0 Å². The van der Waals surface area contributed by atoms with Crippen LogP contribution in [0.5, 0.6) is 5.75 Å². The maximum absolute atomic E-state index is 5.99. The van der Waals surface area contributed by atoms with Crippen molar-refractivity contribution in [3.8, 4) is 16.3 Å². The van der Waals surface area contributed by atoms with Gasteiger partial charge in [0.1, 0.15) is 28.4 Å². The first kappa shape index (κ1) is 20.0. The van der Waals surface area contributed by atoms with Crippen molar-refractivity contribution in [1.29, 1.82) is 0 Å². The summed E-state index contributed by atoms with van der Waals surface area (Å²) in [5.74, 6) is 1.40. The molecule has 0 amide bonds. The summed E-state index contributed by atoms with van der Waals surface area (Å²) in [6.45, 7) is 8.49. The fraction of sp³-hybridized carbons (Fsp3) is 0.190. The van der Waals surface area contributed by atoms with Crippen LogP contribution in [0.4, 0.5) is 5.82 Å². The summed E-state index contributed by atoms with van der Waals surface area (Å²) in [5, 5.41) is 5.80. The monoisotopic (exact) mass is 412 g/mol. The van der Waals surface area contributed by atoms with Crippen molar-refractivity contribution < 1.29 is 4.74 Å². The molecule has 28 heavy (non-hydrogen) atoms. The number of aromatic nitrogens is 3. The molecule has 0 aliphatic rings. The van der Waals surface area contributed by atoms with Gasteiger partial charge in [-0.1, -0.05) is 30.3 Å². The molecule has 2 heterocycles. The summed E-state index contributed by atoms with van der Waals surface area (Å²) in [7, 11) is 1.64. The van der Waals surface area contributed by atoms with Crippen molar-refractivity contribution >= 4 is 39.7 Å². The quantitative estimate of drug-likeness (QED) is 0.501. The highest BCUT2D eigenvalue weighted by atomic mass is 35.5. The van der Waals surface area contributed by atoms with Gasteiger partial charge < -0.3 is 10.1 Å². The van der Waals surface area contributed by atoms with E-state index >= 15 is 0 Å². The molecule has 0 radical (unpaired) electrons. The third-order valence-corrected chi connectivity index (χ3v) is 5.33. The predicted molar refractivity (Wildman–Crippen MR) is 118 cm³/mol. The van der Waals surface area contributed by atoms with Crippen LogP contribution < -0.4 is 10.1 Å². The molecule has 0 atom stereocenters. The molecule has 0 aliphatic heterocycles. The average Bonchev–Trinajstić information content (AvgIpc) is 3.15. The van der Waals surface area contributed by atoms with Crippen molar-refractivity contribution in [3.63, 3.8) is 0 Å². The van der Waals surface area contributed by atoms with E-state index in [0.29, 0.717) is 23.1 Å². The van der Waals surface area contributed by atoms with Crippen molar-refractivity contribution in [1.82, 2.24) is 15.0 Å². The molecule has 5 nitrogen and oxygen atoms in total. The Bertz CT molecular complexity index is 1070. The number of anilines is 1. The third-order valence-electron chi connectivity index (χ3n) is 4.03. The second-order valence-electron chi connectivity index (χ2n) is 6.09. The van der Waals surface area contributed by atoms with Crippen LogP contribution in [0.2, 0.25) is 0 Å². The number of benzene rings is 1. The Morgan fingerprint density at radius 1 is 1.29 bits per heavy atom. The third kappa shape index (κ3) is 4.58. The lowest BCUT2D eigenvalue weighted by atomic mass is 10.1. The van der Waals surface area contributed by atoms with E-state index in [-0.39, 0.29) is 0 Å². The molecule has 0 bridgehead atoms. The van der Waals surface area contributed by atoms with Crippen LogP contribution in [0.15, 0.2) is 60.1 Å². The molecule has 1 aromatic carbocycles. The number of thiazole rings is 1. The number of allylic oxidation sites excluding steroid dienone is 3. The van der Waals surface area contributed by atoms with Crippen LogP contribution in [0.25, 0.3) is 21.5 Å². The molecule has 0 spiro atoms. The van der Waals surface area contributed by atoms with E-state index in [1.807, 2.05) is 50.4 Å². The Labute approximate surface area is 173 Å². The molecule has 0 saturated heterocycles. The second kappa shape index (κ2) is 8.99. The molecule has 0 saturated carbocycles. The highest BCUT2D eigenvalue weighted by Gasteiger charge is 2.13. The van der Waals surface area contributed by atoms with Gasteiger partial charge in [-0.25, -0.2) is 15.0 Å². The summed E-state index contributed by atoms with van der Waals surface area (Å²) in [4.78, 5) is 14.4. The first-order valence-electron chi connectivity index (χ1n) is 8.69. The van der Waals surface area contributed by atoms with Gasteiger partial charge in [0, 0.05) is 33.6 Å². The number of nitrogens with zero attached hydrogens (tertiary/aromatic N) is 3. The summed E-state index contributed by atoms with van der Waals surface area (Å²) in [6.07, 6.45) is 8.91. The van der Waals surface area contributed by atoms with Crippen molar-refractivity contribution in [3.05, 3.63) is 64.9 Å². The molecule has 0 unspecified atom stereocenters. The van der Waals surface area contributed by atoms with E-state index in [0.717, 1.165) is 31.9 Å². The summed E-state index contributed by atoms with van der Waals surface area (Å²) >= 11 is 7.62. The SMILES string of the molecule is C=C(/C=C\C(Cl)=C/C)CNc1ncnc2c(OC)cc(-c3ncc(C)s3)cc12. The second-order valence-corrected chi connectivity index (χ2v) is 7.76. The maximum atomic E-state index is 5.99. The van der Waals surface area contributed by atoms with Crippen LogP contribution in [0.1, 0.15) is 11.8 Å². The largest absolute Gasteiger partial charge is 0.494 e. The number of hydrogen-bond donors (Lipinski definition) is 1. The number of ether oxygens (including phenoxy) is 1. The van der Waals surface area contributed by atoms with Crippen molar-refractivity contribution in [2.24, 2.45) is 0 Å². The number of nitrogens with one attached hydrogen (secondary N) is 1. The first-order valence-corrected chi connectivity index (χ1v) is 9.88. The minimum atomic E-state index is 0.527. The molecule has 2 aromatic heterocycles. The average molecular weight is 413 g/mol. The molecular weight excluding hydrogens is 392 g/mol. The van der Waals surface area contributed by atoms with E-state index in [9.17, 15) is 0 Å². The van der Waals surface area contributed by atoms with Crippen LogP contribution in [-0.2, 0) is 0 Å².